The molecule has 1 aliphatic heterocycles. The topological polar surface area (TPSA) is 79.0 Å². The minimum Gasteiger partial charge on any atom is -0.484 e. The predicted octanol–water partition coefficient (Wildman–Crippen LogP) is 0.672. The molecule has 2 rings (SSSR count). The van der Waals surface area contributed by atoms with E-state index in [1.807, 2.05) is 0 Å². The molecule has 0 aromatic heterocycles. The molecule has 0 atom stereocenters. The third-order valence-electron chi connectivity index (χ3n) is 4.15. The first-order chi connectivity index (χ1) is 11.3. The summed E-state index contributed by atoms with van der Waals surface area (Å²) in [5.74, 6) is 0.390. The highest BCUT2D eigenvalue weighted by Crippen LogP contribution is 2.20. The SMILES string of the molecule is CN1CCC(NC(=O)COc2ccc(N(C)S(C)(=O)=O)cc2)CC1. The van der Waals surface area contributed by atoms with Gasteiger partial charge in [0.25, 0.3) is 5.91 Å². The Labute approximate surface area is 143 Å². The molecule has 1 aromatic rings. The number of anilines is 1. The van der Waals surface area contributed by atoms with Crippen molar-refractivity contribution in [1.82, 2.24) is 10.2 Å². The number of ether oxygens (including phenoxy) is 1. The lowest BCUT2D eigenvalue weighted by molar-refractivity contribution is -0.124. The van der Waals surface area contributed by atoms with Gasteiger partial charge in [0.1, 0.15) is 5.75 Å². The maximum Gasteiger partial charge on any atom is 0.258 e. The van der Waals surface area contributed by atoms with Gasteiger partial charge in [-0.1, -0.05) is 0 Å². The Morgan fingerprint density at radius 2 is 1.88 bits per heavy atom. The van der Waals surface area contributed by atoms with Crippen LogP contribution >= 0.6 is 0 Å². The molecule has 8 heteroatoms. The molecule has 0 unspecified atom stereocenters. The Kier molecular flexibility index (Phi) is 6.06. The highest BCUT2D eigenvalue weighted by atomic mass is 32.2. The fourth-order valence-corrected chi connectivity index (χ4v) is 3.02. The monoisotopic (exact) mass is 355 g/mol. The van der Waals surface area contributed by atoms with Crippen molar-refractivity contribution >= 4 is 21.6 Å². The molecule has 24 heavy (non-hydrogen) atoms. The zero-order valence-corrected chi connectivity index (χ0v) is 15.2. The van der Waals surface area contributed by atoms with Crippen LogP contribution < -0.4 is 14.4 Å². The van der Waals surface area contributed by atoms with Crippen LogP contribution in [-0.2, 0) is 14.8 Å². The van der Waals surface area contributed by atoms with Gasteiger partial charge in [0.2, 0.25) is 10.0 Å². The fraction of sp³-hybridized carbons (Fsp3) is 0.562. The Morgan fingerprint density at radius 1 is 1.29 bits per heavy atom. The molecule has 1 aliphatic rings. The number of carbonyl (C=O) groups excluding carboxylic acids is 1. The van der Waals surface area contributed by atoms with E-state index in [0.29, 0.717) is 11.4 Å². The van der Waals surface area contributed by atoms with E-state index in [0.717, 1.165) is 32.2 Å². The first-order valence-corrected chi connectivity index (χ1v) is 9.75. The van der Waals surface area contributed by atoms with E-state index in [1.165, 1.54) is 11.4 Å². The van der Waals surface area contributed by atoms with Crippen molar-refractivity contribution < 1.29 is 17.9 Å². The van der Waals surface area contributed by atoms with Gasteiger partial charge in [-0.05, 0) is 57.2 Å². The fourth-order valence-electron chi connectivity index (χ4n) is 2.51. The number of likely N-dealkylation sites (tertiary alicyclic amines) is 1. The van der Waals surface area contributed by atoms with Crippen molar-refractivity contribution in [3.05, 3.63) is 24.3 Å². The van der Waals surface area contributed by atoms with Crippen molar-refractivity contribution in [2.24, 2.45) is 0 Å². The quantitative estimate of drug-likeness (QED) is 0.811. The molecule has 1 N–H and O–H groups in total. The average Bonchev–Trinajstić information content (AvgIpc) is 2.54. The predicted molar refractivity (Wildman–Crippen MR) is 93.8 cm³/mol. The van der Waals surface area contributed by atoms with E-state index >= 15 is 0 Å². The maximum absolute atomic E-state index is 11.9. The van der Waals surface area contributed by atoms with E-state index in [2.05, 4.69) is 17.3 Å². The van der Waals surface area contributed by atoms with Crippen LogP contribution in [0.15, 0.2) is 24.3 Å². The lowest BCUT2D eigenvalue weighted by Crippen LogP contribution is -2.44. The van der Waals surface area contributed by atoms with E-state index in [4.69, 9.17) is 4.74 Å². The summed E-state index contributed by atoms with van der Waals surface area (Å²) in [5, 5.41) is 2.98. The van der Waals surface area contributed by atoms with Crippen LogP contribution in [0.25, 0.3) is 0 Å². The second-order valence-corrected chi connectivity index (χ2v) is 8.17. The van der Waals surface area contributed by atoms with Gasteiger partial charge >= 0.3 is 0 Å². The zero-order chi connectivity index (χ0) is 17.7. The van der Waals surface area contributed by atoms with Crippen LogP contribution in [0.3, 0.4) is 0 Å². The molecular formula is C16H25N3O4S. The average molecular weight is 355 g/mol. The summed E-state index contributed by atoms with van der Waals surface area (Å²) in [6.07, 6.45) is 3.05. The van der Waals surface area contributed by atoms with E-state index in [1.54, 1.807) is 24.3 Å². The Morgan fingerprint density at radius 3 is 2.42 bits per heavy atom. The molecule has 0 bridgehead atoms. The van der Waals surface area contributed by atoms with Crippen molar-refractivity contribution in [3.8, 4) is 5.75 Å². The second kappa shape index (κ2) is 7.85. The first-order valence-electron chi connectivity index (χ1n) is 7.90. The van der Waals surface area contributed by atoms with Crippen LogP contribution in [-0.4, -0.2) is 65.3 Å². The number of rotatable bonds is 6. The summed E-state index contributed by atoms with van der Waals surface area (Å²) in [6, 6.07) is 6.80. The maximum atomic E-state index is 11.9. The number of benzene rings is 1. The lowest BCUT2D eigenvalue weighted by atomic mass is 10.1. The van der Waals surface area contributed by atoms with E-state index < -0.39 is 10.0 Å². The second-order valence-electron chi connectivity index (χ2n) is 6.16. The van der Waals surface area contributed by atoms with Crippen molar-refractivity contribution in [2.45, 2.75) is 18.9 Å². The Balaban J connectivity index is 1.80. The van der Waals surface area contributed by atoms with Crippen LogP contribution in [0.5, 0.6) is 5.75 Å². The minimum absolute atomic E-state index is 0.0480. The number of nitrogens with zero attached hydrogens (tertiary/aromatic N) is 2. The molecule has 0 saturated carbocycles. The van der Waals surface area contributed by atoms with Gasteiger partial charge in [-0.25, -0.2) is 8.42 Å². The minimum atomic E-state index is -3.29. The number of hydrogen-bond acceptors (Lipinski definition) is 5. The molecule has 0 spiro atoms. The van der Waals surface area contributed by atoms with Crippen molar-refractivity contribution in [1.29, 1.82) is 0 Å². The summed E-state index contributed by atoms with van der Waals surface area (Å²) in [6.45, 7) is 1.93. The van der Waals surface area contributed by atoms with E-state index in [9.17, 15) is 13.2 Å². The van der Waals surface area contributed by atoms with E-state index in [-0.39, 0.29) is 18.6 Å². The number of piperidine rings is 1. The standard InChI is InChI=1S/C16H25N3O4S/c1-18-10-8-13(9-11-18)17-16(20)12-23-15-6-4-14(5-7-15)19(2)24(3,21)22/h4-7,13H,8-12H2,1-3H3,(H,17,20). The summed E-state index contributed by atoms with van der Waals surface area (Å²) in [5.41, 5.74) is 0.542. The van der Waals surface area contributed by atoms with Gasteiger partial charge in [-0.3, -0.25) is 9.10 Å². The highest BCUT2D eigenvalue weighted by molar-refractivity contribution is 7.92. The number of sulfonamides is 1. The number of carbonyl (C=O) groups is 1. The van der Waals surface area contributed by atoms with Crippen molar-refractivity contribution in [2.75, 3.05) is 44.4 Å². The van der Waals surface area contributed by atoms with Crippen LogP contribution in [0, 0.1) is 0 Å². The first kappa shape index (κ1) is 18.5. The van der Waals surface area contributed by atoms with Gasteiger partial charge in [0, 0.05) is 13.1 Å². The molecule has 0 radical (unpaired) electrons. The number of hydrogen-bond donors (Lipinski definition) is 1. The normalized spacial score (nSPS) is 16.6. The Hall–Kier alpha value is -1.80. The van der Waals surface area contributed by atoms with Crippen molar-refractivity contribution in [3.63, 3.8) is 0 Å². The number of nitrogens with one attached hydrogen (secondary N) is 1. The summed E-state index contributed by atoms with van der Waals surface area (Å²) in [4.78, 5) is 14.2. The van der Waals surface area contributed by atoms with Gasteiger partial charge in [-0.15, -0.1) is 0 Å². The molecule has 1 saturated heterocycles. The number of amides is 1. The summed E-state index contributed by atoms with van der Waals surface area (Å²) in [7, 11) is 0.272. The molecular weight excluding hydrogens is 330 g/mol. The summed E-state index contributed by atoms with van der Waals surface area (Å²) >= 11 is 0. The van der Waals surface area contributed by atoms with Gasteiger partial charge < -0.3 is 15.0 Å². The molecule has 1 fully saturated rings. The molecule has 0 aliphatic carbocycles. The zero-order valence-electron chi connectivity index (χ0n) is 14.4. The van der Waals surface area contributed by atoms with Crippen LogP contribution in [0.4, 0.5) is 5.69 Å². The van der Waals surface area contributed by atoms with Gasteiger partial charge in [-0.2, -0.15) is 0 Å². The Bertz CT molecular complexity index is 652. The van der Waals surface area contributed by atoms with Crippen LogP contribution in [0.1, 0.15) is 12.8 Å². The van der Waals surface area contributed by atoms with Gasteiger partial charge in [0.15, 0.2) is 6.61 Å². The smallest absolute Gasteiger partial charge is 0.258 e. The van der Waals surface area contributed by atoms with Crippen LogP contribution in [0.2, 0.25) is 0 Å². The molecule has 134 valence electrons. The lowest BCUT2D eigenvalue weighted by Gasteiger charge is -2.29. The molecule has 1 aromatic carbocycles. The van der Waals surface area contributed by atoms with Gasteiger partial charge in [0.05, 0.1) is 11.9 Å². The molecule has 1 heterocycles. The largest absolute Gasteiger partial charge is 0.484 e. The third kappa shape index (κ3) is 5.38. The summed E-state index contributed by atoms with van der Waals surface area (Å²) < 4.78 is 29.6. The molecule has 7 nitrogen and oxygen atoms in total. The highest BCUT2D eigenvalue weighted by Gasteiger charge is 2.18. The molecule has 1 amide bonds. The third-order valence-corrected chi connectivity index (χ3v) is 5.36.